The average Bonchev–Trinajstić information content (AvgIpc) is 2.76. The van der Waals surface area contributed by atoms with Crippen molar-refractivity contribution in [2.45, 2.75) is 13.0 Å². The number of nitrogens with zero attached hydrogens (tertiary/aromatic N) is 1. The van der Waals surface area contributed by atoms with Gasteiger partial charge in [0.2, 0.25) is 11.8 Å². The number of hydrogen-bond donors (Lipinski definition) is 3. The van der Waals surface area contributed by atoms with Crippen molar-refractivity contribution in [3.8, 4) is 5.75 Å². The Hall–Kier alpha value is -3.33. The molecule has 4 rings (SSSR count). The molecule has 1 atom stereocenters. The van der Waals surface area contributed by atoms with Crippen molar-refractivity contribution < 1.29 is 19.1 Å². The third-order valence-electron chi connectivity index (χ3n) is 5.27. The molecule has 2 heterocycles. The van der Waals surface area contributed by atoms with Crippen molar-refractivity contribution >= 4 is 45.2 Å². The predicted octanol–water partition coefficient (Wildman–Crippen LogP) is 2.71. The molecule has 0 aromatic heterocycles. The molecule has 2 aromatic carbocycles. The molecular formula is C22H21BrN4O4. The van der Waals surface area contributed by atoms with Gasteiger partial charge in [-0.1, -0.05) is 24.3 Å². The summed E-state index contributed by atoms with van der Waals surface area (Å²) in [5.41, 5.74) is 3.84. The number of rotatable bonds is 4. The van der Waals surface area contributed by atoms with Crippen LogP contribution in [0.15, 0.2) is 52.5 Å². The zero-order valence-electron chi connectivity index (χ0n) is 17.0. The molecule has 0 fully saturated rings. The van der Waals surface area contributed by atoms with Gasteiger partial charge in [-0.3, -0.25) is 9.59 Å². The summed E-state index contributed by atoms with van der Waals surface area (Å²) in [7, 11) is 1.59. The molecule has 0 radical (unpaired) electrons. The van der Waals surface area contributed by atoms with Gasteiger partial charge >= 0.3 is 6.03 Å². The Labute approximate surface area is 187 Å². The molecule has 1 unspecified atom stereocenters. The minimum Gasteiger partial charge on any atom is -0.496 e. The molecule has 160 valence electrons. The smallest absolute Gasteiger partial charge is 0.320 e. The van der Waals surface area contributed by atoms with Crippen LogP contribution in [-0.4, -0.2) is 38.0 Å². The van der Waals surface area contributed by atoms with Crippen molar-refractivity contribution in [1.82, 2.24) is 16.0 Å². The standard InChI is InChI=1S/C22H21BrN4O4/c1-12(28)24-10-19(29)27-11-15-20(13-7-8-18(31-2)16(23)9-13)25-22(30)26-21(15)14-5-3-4-6-17(14)27/h3-9,20H,10-11H2,1-2H3,(H,24,28)(H2,25,26,30). The lowest BCUT2D eigenvalue weighted by Gasteiger charge is -2.39. The highest BCUT2D eigenvalue weighted by molar-refractivity contribution is 9.10. The number of carbonyl (C=O) groups excluding carboxylic acids is 3. The van der Waals surface area contributed by atoms with Gasteiger partial charge in [0.1, 0.15) is 5.75 Å². The van der Waals surface area contributed by atoms with E-state index in [4.69, 9.17) is 4.74 Å². The molecule has 8 nitrogen and oxygen atoms in total. The first-order valence-electron chi connectivity index (χ1n) is 9.67. The summed E-state index contributed by atoms with van der Waals surface area (Å²) in [6, 6.07) is 12.2. The highest BCUT2D eigenvalue weighted by atomic mass is 79.9. The van der Waals surface area contributed by atoms with Crippen molar-refractivity contribution in [2.75, 3.05) is 25.1 Å². The Morgan fingerprint density at radius 3 is 2.74 bits per heavy atom. The molecule has 0 saturated carbocycles. The van der Waals surface area contributed by atoms with E-state index in [0.717, 1.165) is 21.2 Å². The molecule has 3 N–H and O–H groups in total. The van der Waals surface area contributed by atoms with Crippen molar-refractivity contribution in [3.05, 3.63) is 63.6 Å². The van der Waals surface area contributed by atoms with Crippen LogP contribution in [0.1, 0.15) is 24.1 Å². The summed E-state index contributed by atoms with van der Waals surface area (Å²) < 4.78 is 6.07. The summed E-state index contributed by atoms with van der Waals surface area (Å²) >= 11 is 3.50. The van der Waals surface area contributed by atoms with E-state index >= 15 is 0 Å². The van der Waals surface area contributed by atoms with Gasteiger partial charge in [-0.2, -0.15) is 0 Å². The molecule has 0 bridgehead atoms. The van der Waals surface area contributed by atoms with Gasteiger partial charge in [0, 0.05) is 18.1 Å². The van der Waals surface area contributed by atoms with Crippen LogP contribution in [0.4, 0.5) is 10.5 Å². The van der Waals surface area contributed by atoms with Crippen LogP contribution >= 0.6 is 15.9 Å². The van der Waals surface area contributed by atoms with Gasteiger partial charge in [-0.25, -0.2) is 4.79 Å². The molecule has 9 heteroatoms. The van der Waals surface area contributed by atoms with Crippen LogP contribution in [0.5, 0.6) is 5.75 Å². The zero-order valence-corrected chi connectivity index (χ0v) is 18.6. The fourth-order valence-electron chi connectivity index (χ4n) is 3.84. The number of methoxy groups -OCH3 is 1. The summed E-state index contributed by atoms with van der Waals surface area (Å²) in [4.78, 5) is 38.4. The highest BCUT2D eigenvalue weighted by Crippen LogP contribution is 2.41. The summed E-state index contributed by atoms with van der Waals surface area (Å²) in [6.07, 6.45) is 0. The van der Waals surface area contributed by atoms with Gasteiger partial charge < -0.3 is 25.6 Å². The number of halogens is 1. The first kappa shape index (κ1) is 20.9. The first-order chi connectivity index (χ1) is 14.9. The largest absolute Gasteiger partial charge is 0.496 e. The van der Waals surface area contributed by atoms with E-state index in [1.165, 1.54) is 6.92 Å². The van der Waals surface area contributed by atoms with E-state index in [0.29, 0.717) is 17.1 Å². The monoisotopic (exact) mass is 484 g/mol. The predicted molar refractivity (Wildman–Crippen MR) is 120 cm³/mol. The zero-order chi connectivity index (χ0) is 22.1. The van der Waals surface area contributed by atoms with Crippen molar-refractivity contribution in [3.63, 3.8) is 0 Å². The fraction of sp³-hybridized carbons (Fsp3) is 0.227. The molecule has 2 aliphatic rings. The number of para-hydroxylation sites is 1. The third-order valence-corrected chi connectivity index (χ3v) is 5.89. The van der Waals surface area contributed by atoms with Gasteiger partial charge in [-0.15, -0.1) is 0 Å². The van der Waals surface area contributed by atoms with Crippen LogP contribution in [0.3, 0.4) is 0 Å². The topological polar surface area (TPSA) is 99.8 Å². The van der Waals surface area contributed by atoms with E-state index in [9.17, 15) is 14.4 Å². The molecule has 31 heavy (non-hydrogen) atoms. The number of hydrogen-bond acceptors (Lipinski definition) is 4. The lowest BCUT2D eigenvalue weighted by Crippen LogP contribution is -2.50. The quantitative estimate of drug-likeness (QED) is 0.620. The van der Waals surface area contributed by atoms with Gasteiger partial charge in [0.25, 0.3) is 0 Å². The minimum absolute atomic E-state index is 0.106. The minimum atomic E-state index is -0.435. The Bertz CT molecular complexity index is 1110. The molecule has 0 saturated heterocycles. The van der Waals surface area contributed by atoms with Crippen molar-refractivity contribution in [2.24, 2.45) is 0 Å². The van der Waals surface area contributed by atoms with Crippen LogP contribution in [0.2, 0.25) is 0 Å². The van der Waals surface area contributed by atoms with Crippen LogP contribution in [0.25, 0.3) is 5.70 Å². The Morgan fingerprint density at radius 1 is 1.26 bits per heavy atom. The number of benzene rings is 2. The molecule has 0 spiro atoms. The molecule has 0 aliphatic carbocycles. The third kappa shape index (κ3) is 4.00. The van der Waals surface area contributed by atoms with Gasteiger partial charge in [0.15, 0.2) is 0 Å². The number of amides is 4. The average molecular weight is 485 g/mol. The number of urea groups is 1. The van der Waals surface area contributed by atoms with Gasteiger partial charge in [0.05, 0.1) is 42.1 Å². The van der Waals surface area contributed by atoms with E-state index < -0.39 is 6.04 Å². The highest BCUT2D eigenvalue weighted by Gasteiger charge is 2.36. The molecule has 4 amide bonds. The molecular weight excluding hydrogens is 464 g/mol. The SMILES string of the molecule is COc1ccc(C2NC(=O)NC3=C2CN(C(=O)CNC(C)=O)c2ccccc23)cc1Br. The van der Waals surface area contributed by atoms with E-state index in [1.54, 1.807) is 12.0 Å². The van der Waals surface area contributed by atoms with E-state index in [2.05, 4.69) is 31.9 Å². The second kappa shape index (κ2) is 8.43. The lowest BCUT2D eigenvalue weighted by atomic mass is 9.88. The Morgan fingerprint density at radius 2 is 2.03 bits per heavy atom. The maximum atomic E-state index is 12.9. The Kier molecular flexibility index (Phi) is 5.69. The van der Waals surface area contributed by atoms with Crippen LogP contribution < -0.4 is 25.6 Å². The molecule has 2 aliphatic heterocycles. The summed E-state index contributed by atoms with van der Waals surface area (Å²) in [5.74, 6) is 0.172. The van der Waals surface area contributed by atoms with Crippen LogP contribution in [0, 0.1) is 0 Å². The van der Waals surface area contributed by atoms with Crippen LogP contribution in [-0.2, 0) is 9.59 Å². The maximum absolute atomic E-state index is 12.9. The number of carbonyl (C=O) groups is 3. The normalized spacial score (nSPS) is 17.2. The number of nitrogens with one attached hydrogen (secondary N) is 3. The molecule has 2 aromatic rings. The fourth-order valence-corrected chi connectivity index (χ4v) is 4.40. The van der Waals surface area contributed by atoms with Gasteiger partial charge in [-0.05, 0) is 39.7 Å². The maximum Gasteiger partial charge on any atom is 0.320 e. The number of anilines is 1. The lowest BCUT2D eigenvalue weighted by molar-refractivity contribution is -0.123. The second-order valence-electron chi connectivity index (χ2n) is 7.23. The number of fused-ring (bicyclic) bond motifs is 2. The first-order valence-corrected chi connectivity index (χ1v) is 10.5. The number of ether oxygens (including phenoxy) is 1. The van der Waals surface area contributed by atoms with E-state index in [1.807, 2.05) is 42.5 Å². The van der Waals surface area contributed by atoms with Crippen molar-refractivity contribution in [1.29, 1.82) is 0 Å². The Balaban J connectivity index is 1.78. The van der Waals surface area contributed by atoms with E-state index in [-0.39, 0.29) is 30.9 Å². The second-order valence-corrected chi connectivity index (χ2v) is 8.09. The summed E-state index contributed by atoms with van der Waals surface area (Å²) in [5, 5.41) is 8.43. The summed E-state index contributed by atoms with van der Waals surface area (Å²) in [6.45, 7) is 1.54.